The number of benzene rings is 10. The average Bonchev–Trinajstić information content (AvgIpc) is 3.83. The predicted molar refractivity (Wildman–Crippen MR) is 252 cm³/mol. The molecule has 1 aliphatic carbocycles. The summed E-state index contributed by atoms with van der Waals surface area (Å²) < 4.78 is 2.61. The molecule has 0 bridgehead atoms. The average molecular weight is 768 g/mol. The minimum atomic E-state index is -0.495. The molecule has 0 aliphatic heterocycles. The van der Waals surface area contributed by atoms with Gasteiger partial charge in [0.15, 0.2) is 0 Å². The van der Waals surface area contributed by atoms with Crippen LogP contribution in [-0.2, 0) is 5.41 Å². The minimum Gasteiger partial charge on any atom is -0.310 e. The SMILES string of the molecule is c1ccc(C2(c3ccccc3)c3ccccc3-c3ccc(N(c4ccc(-c5cc6ccccc6c6ccccc56)cc4)c4ccc5sc6ccccc6c5c4)cc32)cc1. The molecule has 0 N–H and O–H groups in total. The van der Waals surface area contributed by atoms with Crippen LogP contribution in [0.1, 0.15) is 22.3 Å². The smallest absolute Gasteiger partial charge is 0.0714 e. The quantitative estimate of drug-likeness (QED) is 0.152. The highest BCUT2D eigenvalue weighted by molar-refractivity contribution is 7.25. The fraction of sp³-hybridized carbons (Fsp3) is 0.0175. The Morgan fingerprint density at radius 2 is 0.881 bits per heavy atom. The van der Waals surface area contributed by atoms with Crippen LogP contribution in [0, 0.1) is 0 Å². The van der Waals surface area contributed by atoms with E-state index in [0.717, 1.165) is 17.1 Å². The Labute approximate surface area is 347 Å². The Hall–Kier alpha value is -7.26. The molecule has 0 atom stereocenters. The van der Waals surface area contributed by atoms with E-state index in [-0.39, 0.29) is 0 Å². The van der Waals surface area contributed by atoms with Gasteiger partial charge in [0.2, 0.25) is 0 Å². The van der Waals surface area contributed by atoms with Crippen LogP contribution in [0.5, 0.6) is 0 Å². The van der Waals surface area contributed by atoms with Gasteiger partial charge in [0.25, 0.3) is 0 Å². The second-order valence-electron chi connectivity index (χ2n) is 15.6. The second kappa shape index (κ2) is 13.4. The number of fused-ring (bicyclic) bond motifs is 9. The lowest BCUT2D eigenvalue weighted by molar-refractivity contribution is 0.768. The van der Waals surface area contributed by atoms with Crippen LogP contribution in [-0.4, -0.2) is 0 Å². The summed E-state index contributed by atoms with van der Waals surface area (Å²) in [4.78, 5) is 2.46. The summed E-state index contributed by atoms with van der Waals surface area (Å²) in [5.41, 5.74) is 13.0. The van der Waals surface area contributed by atoms with Crippen molar-refractivity contribution >= 4 is 70.1 Å². The summed E-state index contributed by atoms with van der Waals surface area (Å²) >= 11 is 1.86. The molecule has 0 radical (unpaired) electrons. The van der Waals surface area contributed by atoms with Gasteiger partial charge in [0, 0.05) is 37.2 Å². The van der Waals surface area contributed by atoms with Gasteiger partial charge in [-0.25, -0.2) is 0 Å². The normalized spacial score (nSPS) is 12.9. The van der Waals surface area contributed by atoms with E-state index < -0.39 is 5.41 Å². The largest absolute Gasteiger partial charge is 0.310 e. The van der Waals surface area contributed by atoms with Crippen molar-refractivity contribution in [2.24, 2.45) is 0 Å². The molecule has 59 heavy (non-hydrogen) atoms. The highest BCUT2D eigenvalue weighted by atomic mass is 32.1. The molecule has 1 aromatic heterocycles. The van der Waals surface area contributed by atoms with Gasteiger partial charge in [0.05, 0.1) is 5.41 Å². The Morgan fingerprint density at radius 3 is 1.66 bits per heavy atom. The first kappa shape index (κ1) is 33.8. The van der Waals surface area contributed by atoms with Crippen LogP contribution >= 0.6 is 11.3 Å². The number of hydrogen-bond donors (Lipinski definition) is 0. The third kappa shape index (κ3) is 5.17. The molecule has 276 valence electrons. The number of thiophene rings is 1. The molecular weight excluding hydrogens is 731 g/mol. The molecule has 10 aromatic carbocycles. The highest BCUT2D eigenvalue weighted by Crippen LogP contribution is 2.57. The van der Waals surface area contributed by atoms with Gasteiger partial charge in [-0.15, -0.1) is 11.3 Å². The number of anilines is 3. The van der Waals surface area contributed by atoms with Gasteiger partial charge in [-0.2, -0.15) is 0 Å². The Balaban J connectivity index is 1.09. The number of nitrogens with zero attached hydrogens (tertiary/aromatic N) is 1. The zero-order chi connectivity index (χ0) is 38.9. The van der Waals surface area contributed by atoms with Crippen molar-refractivity contribution in [3.63, 3.8) is 0 Å². The van der Waals surface area contributed by atoms with Gasteiger partial charge in [-0.1, -0.05) is 170 Å². The molecule has 0 saturated heterocycles. The van der Waals surface area contributed by atoms with Crippen LogP contribution in [0.25, 0.3) is 64.0 Å². The Kier molecular flexibility index (Phi) is 7.69. The zero-order valence-electron chi connectivity index (χ0n) is 32.2. The molecule has 2 heteroatoms. The lowest BCUT2D eigenvalue weighted by Crippen LogP contribution is -2.28. The molecule has 1 aliphatic rings. The first-order valence-corrected chi connectivity index (χ1v) is 21.2. The summed E-state index contributed by atoms with van der Waals surface area (Å²) in [6.45, 7) is 0. The fourth-order valence-electron chi connectivity index (χ4n) is 9.96. The van der Waals surface area contributed by atoms with Crippen molar-refractivity contribution in [1.29, 1.82) is 0 Å². The Morgan fingerprint density at radius 1 is 0.322 bits per heavy atom. The molecule has 1 nitrogen and oxygen atoms in total. The molecular formula is C57H37NS. The summed E-state index contributed by atoms with van der Waals surface area (Å²) in [6.07, 6.45) is 0. The van der Waals surface area contributed by atoms with Crippen molar-refractivity contribution in [3.8, 4) is 22.3 Å². The van der Waals surface area contributed by atoms with E-state index in [1.165, 1.54) is 86.2 Å². The van der Waals surface area contributed by atoms with Gasteiger partial charge >= 0.3 is 0 Å². The van der Waals surface area contributed by atoms with E-state index in [2.05, 4.69) is 229 Å². The molecule has 11 aromatic rings. The van der Waals surface area contributed by atoms with E-state index >= 15 is 0 Å². The molecule has 0 fully saturated rings. The summed E-state index contributed by atoms with van der Waals surface area (Å²) in [7, 11) is 0. The first-order chi connectivity index (χ1) is 29.3. The van der Waals surface area contributed by atoms with Crippen molar-refractivity contribution in [2.45, 2.75) is 5.41 Å². The number of hydrogen-bond acceptors (Lipinski definition) is 2. The lowest BCUT2D eigenvalue weighted by Gasteiger charge is -2.35. The lowest BCUT2D eigenvalue weighted by atomic mass is 9.67. The van der Waals surface area contributed by atoms with Crippen molar-refractivity contribution < 1.29 is 0 Å². The maximum absolute atomic E-state index is 2.47. The zero-order valence-corrected chi connectivity index (χ0v) is 33.0. The highest BCUT2D eigenvalue weighted by Gasteiger charge is 2.46. The fourth-order valence-corrected chi connectivity index (χ4v) is 11.0. The van der Waals surface area contributed by atoms with Gasteiger partial charge in [-0.05, 0) is 121 Å². The maximum Gasteiger partial charge on any atom is 0.0714 e. The molecule has 0 amide bonds. The monoisotopic (exact) mass is 767 g/mol. The van der Waals surface area contributed by atoms with Crippen LogP contribution in [0.15, 0.2) is 224 Å². The van der Waals surface area contributed by atoms with Crippen molar-refractivity contribution in [1.82, 2.24) is 0 Å². The molecule has 12 rings (SSSR count). The molecule has 0 saturated carbocycles. The van der Waals surface area contributed by atoms with Crippen LogP contribution in [0.3, 0.4) is 0 Å². The van der Waals surface area contributed by atoms with Gasteiger partial charge in [-0.3, -0.25) is 0 Å². The van der Waals surface area contributed by atoms with Gasteiger partial charge < -0.3 is 4.90 Å². The standard InChI is InChI=1S/C57H37NS/c1-3-16-40(17-4-1)57(41-18-5-2-6-19-41)53-25-13-11-23-48(53)49-33-31-44(37-54(49)57)58(43-32-34-56-52(36-43)50-24-12-14-26-55(50)59-56)42-29-27-38(28-30-42)51-35-39-15-7-8-20-45(39)46-21-9-10-22-47(46)51/h1-37H. The van der Waals surface area contributed by atoms with Crippen molar-refractivity contribution in [2.75, 3.05) is 4.90 Å². The third-order valence-electron chi connectivity index (χ3n) is 12.5. The number of rotatable bonds is 6. The van der Waals surface area contributed by atoms with Crippen LogP contribution in [0.4, 0.5) is 17.1 Å². The van der Waals surface area contributed by atoms with E-state index in [1.54, 1.807) is 0 Å². The van der Waals surface area contributed by atoms with Crippen LogP contribution in [0.2, 0.25) is 0 Å². The Bertz CT molecular complexity index is 3340. The molecule has 0 spiro atoms. The van der Waals surface area contributed by atoms with Crippen LogP contribution < -0.4 is 4.90 Å². The predicted octanol–water partition coefficient (Wildman–Crippen LogP) is 15.9. The van der Waals surface area contributed by atoms with E-state index in [0.29, 0.717) is 0 Å². The summed E-state index contributed by atoms with van der Waals surface area (Å²) in [5, 5.41) is 7.66. The van der Waals surface area contributed by atoms with E-state index in [4.69, 9.17) is 0 Å². The van der Waals surface area contributed by atoms with Gasteiger partial charge in [0.1, 0.15) is 0 Å². The molecule has 0 unspecified atom stereocenters. The first-order valence-electron chi connectivity index (χ1n) is 20.3. The summed E-state index contributed by atoms with van der Waals surface area (Å²) in [5.74, 6) is 0. The van der Waals surface area contributed by atoms with E-state index in [1.807, 2.05) is 11.3 Å². The minimum absolute atomic E-state index is 0.495. The molecule has 1 heterocycles. The summed E-state index contributed by atoms with van der Waals surface area (Å²) in [6, 6.07) is 83.2. The van der Waals surface area contributed by atoms with E-state index in [9.17, 15) is 0 Å². The maximum atomic E-state index is 2.47. The second-order valence-corrected chi connectivity index (χ2v) is 16.7. The third-order valence-corrected chi connectivity index (χ3v) is 13.7. The topological polar surface area (TPSA) is 3.24 Å². The van der Waals surface area contributed by atoms with Crippen molar-refractivity contribution in [3.05, 3.63) is 247 Å².